The second-order valence-electron chi connectivity index (χ2n) is 4.55. The second-order valence-corrected chi connectivity index (χ2v) is 4.55. The Hall–Kier alpha value is -1.66. The minimum absolute atomic E-state index is 0.626. The molecule has 0 aromatic rings. The van der Waals surface area contributed by atoms with Crippen LogP contribution in [0, 0.1) is 0 Å². The number of hydrogen-bond acceptors (Lipinski definition) is 9. The zero-order valence-corrected chi connectivity index (χ0v) is 10.7. The van der Waals surface area contributed by atoms with Crippen molar-refractivity contribution in [3.05, 3.63) is 10.4 Å². The van der Waals surface area contributed by atoms with Gasteiger partial charge in [0.05, 0.1) is 12.1 Å². The van der Waals surface area contributed by atoms with Gasteiger partial charge in [0, 0.05) is 11.3 Å². The van der Waals surface area contributed by atoms with Gasteiger partial charge in [-0.3, -0.25) is 0 Å². The lowest BCUT2D eigenvalue weighted by molar-refractivity contribution is -0.293. The molecule has 12 nitrogen and oxygen atoms in total. The van der Waals surface area contributed by atoms with Gasteiger partial charge in [0.2, 0.25) is 0 Å². The third kappa shape index (κ3) is 3.92. The van der Waals surface area contributed by atoms with Gasteiger partial charge in [0.25, 0.3) is 5.79 Å². The summed E-state index contributed by atoms with van der Waals surface area (Å²) in [5.41, 5.74) is 13.6. The third-order valence-corrected chi connectivity index (χ3v) is 3.05. The van der Waals surface area contributed by atoms with Crippen molar-refractivity contribution in [3.8, 4) is 0 Å². The van der Waals surface area contributed by atoms with Crippen LogP contribution >= 0.6 is 0 Å². The molecule has 21 heavy (non-hydrogen) atoms. The molecule has 0 radical (unpaired) electrons. The molecule has 1 rings (SSSR count). The highest BCUT2D eigenvalue weighted by atomic mass is 16.7. The van der Waals surface area contributed by atoms with E-state index in [1.54, 1.807) is 0 Å². The molecular formula is C9H16N4O8. The van der Waals surface area contributed by atoms with Crippen LogP contribution in [0.2, 0.25) is 0 Å². The predicted molar refractivity (Wildman–Crippen MR) is 63.2 cm³/mol. The van der Waals surface area contributed by atoms with Gasteiger partial charge in [-0.15, -0.1) is 0 Å². The van der Waals surface area contributed by atoms with Gasteiger partial charge in [-0.1, -0.05) is 0 Å². The van der Waals surface area contributed by atoms with Crippen molar-refractivity contribution >= 4 is 5.97 Å². The summed E-state index contributed by atoms with van der Waals surface area (Å²) in [4.78, 5) is 17.5. The molecule has 1 saturated heterocycles. The highest BCUT2D eigenvalue weighted by Gasteiger charge is 2.52. The normalized spacial score (nSPS) is 35.4. The van der Waals surface area contributed by atoms with E-state index < -0.39 is 55.2 Å². The number of ether oxygens (including phenoxy) is 1. The second kappa shape index (κ2) is 6.87. The average Bonchev–Trinajstić information content (AvgIpc) is 2.42. The van der Waals surface area contributed by atoms with E-state index in [-0.39, 0.29) is 0 Å². The van der Waals surface area contributed by atoms with Crippen LogP contribution in [0.4, 0.5) is 0 Å². The van der Waals surface area contributed by atoms with Crippen molar-refractivity contribution in [1.82, 2.24) is 0 Å². The van der Waals surface area contributed by atoms with Gasteiger partial charge in [0.15, 0.2) is 0 Å². The van der Waals surface area contributed by atoms with E-state index >= 15 is 0 Å². The fourth-order valence-corrected chi connectivity index (χ4v) is 1.88. The molecular weight excluding hydrogens is 292 g/mol. The SMILES string of the molecule is [N-]=[N+]=NOC[C@@H](O)[C@@H](O)[C@@H]1OC(O)(C(=O)O)C[C@H](O)[C@H]1N. The zero-order valence-electron chi connectivity index (χ0n) is 10.7. The largest absolute Gasteiger partial charge is 0.477 e. The third-order valence-electron chi connectivity index (χ3n) is 3.05. The van der Waals surface area contributed by atoms with E-state index in [1.807, 2.05) is 0 Å². The van der Waals surface area contributed by atoms with Crippen LogP contribution in [0.5, 0.6) is 0 Å². The number of hydrogen-bond donors (Lipinski definition) is 6. The Morgan fingerprint density at radius 3 is 2.76 bits per heavy atom. The smallest absolute Gasteiger partial charge is 0.364 e. The maximum Gasteiger partial charge on any atom is 0.364 e. The Bertz CT molecular complexity index is 430. The van der Waals surface area contributed by atoms with E-state index in [4.69, 9.17) is 21.1 Å². The molecule has 7 N–H and O–H groups in total. The Labute approximate surface area is 117 Å². The maximum atomic E-state index is 10.9. The van der Waals surface area contributed by atoms with Crippen molar-refractivity contribution < 1.29 is 39.9 Å². The number of azide groups is 1. The highest BCUT2D eigenvalue weighted by Crippen LogP contribution is 2.29. The molecule has 1 aliphatic heterocycles. The van der Waals surface area contributed by atoms with E-state index in [1.165, 1.54) is 0 Å². The van der Waals surface area contributed by atoms with Gasteiger partial charge in [-0.05, 0) is 5.53 Å². The first-order valence-corrected chi connectivity index (χ1v) is 5.82. The zero-order chi connectivity index (χ0) is 16.2. The van der Waals surface area contributed by atoms with Crippen LogP contribution in [0.15, 0.2) is 5.28 Å². The summed E-state index contributed by atoms with van der Waals surface area (Å²) in [5, 5.41) is 50.4. The number of nitrogens with zero attached hydrogens (tertiary/aromatic N) is 3. The number of rotatable bonds is 6. The van der Waals surface area contributed by atoms with Crippen molar-refractivity contribution in [2.75, 3.05) is 6.61 Å². The molecule has 120 valence electrons. The van der Waals surface area contributed by atoms with Crippen LogP contribution in [0.1, 0.15) is 6.42 Å². The molecule has 12 heteroatoms. The molecule has 0 aromatic heterocycles. The van der Waals surface area contributed by atoms with Crippen molar-refractivity contribution in [1.29, 1.82) is 0 Å². The van der Waals surface area contributed by atoms with Crippen LogP contribution in [-0.2, 0) is 14.4 Å². The van der Waals surface area contributed by atoms with E-state index in [9.17, 15) is 25.2 Å². The number of aliphatic carboxylic acids is 1. The Morgan fingerprint density at radius 1 is 1.62 bits per heavy atom. The first-order chi connectivity index (χ1) is 9.73. The van der Waals surface area contributed by atoms with Crippen LogP contribution in [0.3, 0.4) is 0 Å². The number of carboxylic acid groups (broad SMARTS) is 1. The average molecular weight is 308 g/mol. The molecule has 6 atom stereocenters. The van der Waals surface area contributed by atoms with E-state index in [0.717, 1.165) is 0 Å². The molecule has 0 amide bonds. The Balaban J connectivity index is 2.82. The predicted octanol–water partition coefficient (Wildman–Crippen LogP) is -2.80. The Morgan fingerprint density at radius 2 is 2.24 bits per heavy atom. The summed E-state index contributed by atoms with van der Waals surface area (Å²) in [6, 6.07) is -1.26. The summed E-state index contributed by atoms with van der Waals surface area (Å²) in [6.45, 7) is -0.626. The molecule has 0 spiro atoms. The van der Waals surface area contributed by atoms with Crippen LogP contribution < -0.4 is 5.73 Å². The minimum atomic E-state index is -2.74. The lowest BCUT2D eigenvalue weighted by Gasteiger charge is -2.43. The fourth-order valence-electron chi connectivity index (χ4n) is 1.88. The van der Waals surface area contributed by atoms with Gasteiger partial charge in [-0.25, -0.2) is 4.79 Å². The molecule has 1 aliphatic rings. The van der Waals surface area contributed by atoms with E-state index in [2.05, 4.69) is 15.0 Å². The lowest BCUT2D eigenvalue weighted by atomic mass is 9.89. The fraction of sp³-hybridized carbons (Fsp3) is 0.889. The number of aliphatic hydroxyl groups excluding tert-OH is 3. The Kier molecular flexibility index (Phi) is 5.69. The van der Waals surface area contributed by atoms with Crippen LogP contribution in [-0.4, -0.2) is 74.4 Å². The summed E-state index contributed by atoms with van der Waals surface area (Å²) in [7, 11) is 0. The standard InChI is InChI=1S/C9H16N4O8/c10-5-3(14)1-9(19,8(17)18)21-7(5)6(16)4(15)2-20-13-12-11/h3-7,14-16,19H,1-2,10H2,(H,17,18)/t3-,4+,5+,6+,7+,9?/m0/s1. The van der Waals surface area contributed by atoms with Crippen LogP contribution in [0.25, 0.3) is 10.4 Å². The minimum Gasteiger partial charge on any atom is -0.477 e. The number of carboxylic acids is 1. The van der Waals surface area contributed by atoms with Crippen molar-refractivity contribution in [2.24, 2.45) is 11.0 Å². The van der Waals surface area contributed by atoms with Crippen molar-refractivity contribution in [2.45, 2.75) is 42.7 Å². The summed E-state index contributed by atoms with van der Waals surface area (Å²) in [6.07, 6.45) is -7.22. The monoisotopic (exact) mass is 308 g/mol. The molecule has 1 unspecified atom stereocenters. The quantitative estimate of drug-likeness (QED) is 0.129. The summed E-state index contributed by atoms with van der Waals surface area (Å²) < 4.78 is 4.81. The summed E-state index contributed by atoms with van der Waals surface area (Å²) >= 11 is 0. The molecule has 0 aliphatic carbocycles. The molecule has 0 bridgehead atoms. The first kappa shape index (κ1) is 17.4. The van der Waals surface area contributed by atoms with Gasteiger partial charge in [0.1, 0.15) is 30.2 Å². The molecule has 0 saturated carbocycles. The lowest BCUT2D eigenvalue weighted by Crippen LogP contribution is -2.65. The number of aliphatic hydroxyl groups is 4. The van der Waals surface area contributed by atoms with E-state index in [0.29, 0.717) is 0 Å². The highest BCUT2D eigenvalue weighted by molar-refractivity contribution is 5.75. The van der Waals surface area contributed by atoms with Crippen molar-refractivity contribution in [3.63, 3.8) is 0 Å². The summed E-state index contributed by atoms with van der Waals surface area (Å²) in [5.74, 6) is -4.52. The van der Waals surface area contributed by atoms with Gasteiger partial charge >= 0.3 is 5.97 Å². The molecule has 1 heterocycles. The molecule has 1 fully saturated rings. The maximum absolute atomic E-state index is 10.9. The first-order valence-electron chi connectivity index (χ1n) is 5.82. The topological polar surface area (TPSA) is 211 Å². The van der Waals surface area contributed by atoms with Gasteiger partial charge in [-0.2, -0.15) is 0 Å². The number of carbonyl (C=O) groups is 1. The van der Waals surface area contributed by atoms with Gasteiger partial charge < -0.3 is 40.8 Å². The molecule has 0 aromatic carbocycles. The number of nitrogens with two attached hydrogens (primary N) is 1.